The average Bonchev–Trinajstić information content (AvgIpc) is 3.08. The minimum absolute atomic E-state index is 0.123. The summed E-state index contributed by atoms with van der Waals surface area (Å²) in [5, 5.41) is 8.79. The van der Waals surface area contributed by atoms with E-state index in [-0.39, 0.29) is 12.4 Å². The first-order valence-corrected chi connectivity index (χ1v) is 13.5. The normalized spacial score (nSPS) is 16.8. The molecule has 0 aliphatic carbocycles. The second-order valence-corrected chi connectivity index (χ2v) is 12.5. The van der Waals surface area contributed by atoms with Gasteiger partial charge in [0.25, 0.3) is 5.76 Å². The Morgan fingerprint density at radius 2 is 1.71 bits per heavy atom. The van der Waals surface area contributed by atoms with Crippen LogP contribution >= 0.6 is 7.67 Å². The van der Waals surface area contributed by atoms with E-state index in [1.165, 1.54) is 37.5 Å². The molecule has 15 heteroatoms. The standard InChI is InChI=1S/C23H39N2O12P/c1-9-10-13-32-19-18(35-21(29)20(19)37-38(31,24(5)6)25(7)8)15(34-22(30)36-23(2,3)4)14-33-17(28)12-11-16(26)27/h15,18H,9-14H2,1-8H3,(H,26,27). The van der Waals surface area contributed by atoms with Crippen LogP contribution in [0.5, 0.6) is 0 Å². The van der Waals surface area contributed by atoms with Gasteiger partial charge in [-0.2, -0.15) is 0 Å². The molecule has 1 heterocycles. The second-order valence-electron chi connectivity index (χ2n) is 9.70. The van der Waals surface area contributed by atoms with Crippen molar-refractivity contribution >= 4 is 31.7 Å². The average molecular weight is 567 g/mol. The topological polar surface area (TPSA) is 167 Å². The summed E-state index contributed by atoms with van der Waals surface area (Å²) in [4.78, 5) is 48.2. The van der Waals surface area contributed by atoms with Crippen LogP contribution in [0.2, 0.25) is 0 Å². The summed E-state index contributed by atoms with van der Waals surface area (Å²) in [7, 11) is 2.27. The highest BCUT2D eigenvalue weighted by Crippen LogP contribution is 2.54. The Labute approximate surface area is 222 Å². The molecule has 0 aromatic rings. The molecule has 0 bridgehead atoms. The molecule has 0 spiro atoms. The van der Waals surface area contributed by atoms with Gasteiger partial charge in [-0.25, -0.2) is 23.5 Å². The van der Waals surface area contributed by atoms with Gasteiger partial charge in [0.05, 0.1) is 19.4 Å². The molecule has 0 saturated heterocycles. The van der Waals surface area contributed by atoms with Crippen LogP contribution in [-0.4, -0.2) is 97.7 Å². The predicted molar refractivity (Wildman–Crippen MR) is 133 cm³/mol. The summed E-state index contributed by atoms with van der Waals surface area (Å²) >= 11 is 0. The summed E-state index contributed by atoms with van der Waals surface area (Å²) in [5.41, 5.74) is -0.930. The monoisotopic (exact) mass is 566 g/mol. The Bertz CT molecular complexity index is 929. The van der Waals surface area contributed by atoms with Crippen LogP contribution in [0.15, 0.2) is 11.5 Å². The molecule has 0 aromatic heterocycles. The van der Waals surface area contributed by atoms with Crippen LogP contribution < -0.4 is 0 Å². The van der Waals surface area contributed by atoms with Crippen molar-refractivity contribution in [3.8, 4) is 0 Å². The van der Waals surface area contributed by atoms with Gasteiger partial charge >= 0.3 is 31.7 Å². The zero-order valence-electron chi connectivity index (χ0n) is 23.2. The van der Waals surface area contributed by atoms with Gasteiger partial charge in [-0.1, -0.05) is 13.3 Å². The fourth-order valence-electron chi connectivity index (χ4n) is 2.93. The molecule has 2 unspecified atom stereocenters. The molecular formula is C23H39N2O12P. The van der Waals surface area contributed by atoms with E-state index in [4.69, 9.17) is 33.3 Å². The quantitative estimate of drug-likeness (QED) is 0.133. The third-order valence-corrected chi connectivity index (χ3v) is 7.25. The molecule has 0 amide bonds. The molecular weight excluding hydrogens is 527 g/mol. The number of aliphatic carboxylic acids is 1. The molecule has 0 radical (unpaired) electrons. The van der Waals surface area contributed by atoms with Crippen molar-refractivity contribution < 1.29 is 57.1 Å². The minimum atomic E-state index is -3.73. The number of hydrogen-bond acceptors (Lipinski definition) is 11. The van der Waals surface area contributed by atoms with E-state index in [0.717, 1.165) is 6.42 Å². The molecule has 38 heavy (non-hydrogen) atoms. The van der Waals surface area contributed by atoms with E-state index in [9.17, 15) is 23.7 Å². The first kappa shape index (κ1) is 33.2. The number of esters is 2. The predicted octanol–water partition coefficient (Wildman–Crippen LogP) is 2.92. The number of carboxylic acids is 1. The summed E-state index contributed by atoms with van der Waals surface area (Å²) in [6.07, 6.45) is -3.62. The molecule has 14 nitrogen and oxygen atoms in total. The van der Waals surface area contributed by atoms with E-state index < -0.39 is 74.8 Å². The fourth-order valence-corrected chi connectivity index (χ4v) is 4.37. The van der Waals surface area contributed by atoms with Gasteiger partial charge in [0.2, 0.25) is 6.10 Å². The van der Waals surface area contributed by atoms with Crippen molar-refractivity contribution in [3.63, 3.8) is 0 Å². The van der Waals surface area contributed by atoms with E-state index in [0.29, 0.717) is 6.42 Å². The van der Waals surface area contributed by atoms with Crippen molar-refractivity contribution in [2.75, 3.05) is 41.4 Å². The Hall–Kier alpha value is -2.83. The lowest BCUT2D eigenvalue weighted by Gasteiger charge is -2.29. The van der Waals surface area contributed by atoms with Crippen molar-refractivity contribution in [2.24, 2.45) is 0 Å². The van der Waals surface area contributed by atoms with E-state index in [1.54, 1.807) is 20.8 Å². The minimum Gasteiger partial charge on any atom is -0.490 e. The molecule has 0 aromatic carbocycles. The summed E-state index contributed by atoms with van der Waals surface area (Å²) in [5.74, 6) is -3.78. The summed E-state index contributed by atoms with van der Waals surface area (Å²) in [6.45, 7) is 6.24. The third-order valence-electron chi connectivity index (χ3n) is 4.80. The number of nitrogens with zero attached hydrogens (tertiary/aromatic N) is 2. The highest BCUT2D eigenvalue weighted by Gasteiger charge is 2.48. The zero-order chi connectivity index (χ0) is 29.3. The zero-order valence-corrected chi connectivity index (χ0v) is 24.1. The Balaban J connectivity index is 3.40. The Morgan fingerprint density at radius 1 is 1.11 bits per heavy atom. The number of cyclic esters (lactones) is 1. The van der Waals surface area contributed by atoms with Gasteiger partial charge in [-0.3, -0.25) is 9.59 Å². The molecule has 1 aliphatic rings. The maximum absolute atomic E-state index is 13.5. The van der Waals surface area contributed by atoms with Gasteiger partial charge in [0.15, 0.2) is 11.9 Å². The molecule has 218 valence electrons. The lowest BCUT2D eigenvalue weighted by atomic mass is 10.1. The van der Waals surface area contributed by atoms with Crippen molar-refractivity contribution in [1.82, 2.24) is 9.34 Å². The van der Waals surface area contributed by atoms with Gasteiger partial charge < -0.3 is 33.3 Å². The number of ether oxygens (including phenoxy) is 5. The van der Waals surface area contributed by atoms with E-state index in [2.05, 4.69) is 0 Å². The van der Waals surface area contributed by atoms with Gasteiger partial charge in [-0.15, -0.1) is 0 Å². The summed E-state index contributed by atoms with van der Waals surface area (Å²) < 4.78 is 48.6. The van der Waals surface area contributed by atoms with Gasteiger partial charge in [0.1, 0.15) is 12.2 Å². The first-order chi connectivity index (χ1) is 17.5. The molecule has 1 N–H and O–H groups in total. The molecule has 2 atom stereocenters. The molecule has 0 fully saturated rings. The fraction of sp³-hybridized carbons (Fsp3) is 0.739. The number of hydrogen-bond donors (Lipinski definition) is 1. The van der Waals surface area contributed by atoms with Crippen molar-refractivity contribution in [1.29, 1.82) is 0 Å². The maximum atomic E-state index is 13.5. The summed E-state index contributed by atoms with van der Waals surface area (Å²) in [6, 6.07) is 0. The van der Waals surface area contributed by atoms with Crippen molar-refractivity contribution in [3.05, 3.63) is 11.5 Å². The number of carboxylic acid groups (broad SMARTS) is 1. The lowest BCUT2D eigenvalue weighted by Crippen LogP contribution is -2.40. The number of carbonyl (C=O) groups excluding carboxylic acids is 3. The number of unbranched alkanes of at least 4 members (excludes halogenated alkanes) is 1. The van der Waals surface area contributed by atoms with Crippen LogP contribution in [0.4, 0.5) is 4.79 Å². The molecule has 1 aliphatic heterocycles. The smallest absolute Gasteiger partial charge is 0.490 e. The van der Waals surface area contributed by atoms with Crippen LogP contribution in [0.1, 0.15) is 53.4 Å². The molecule has 0 saturated carbocycles. The Kier molecular flexibility index (Phi) is 12.5. The Morgan fingerprint density at radius 3 is 2.21 bits per heavy atom. The highest BCUT2D eigenvalue weighted by molar-refractivity contribution is 7.54. The first-order valence-electron chi connectivity index (χ1n) is 12.0. The SMILES string of the molecule is CCCCOC1=C(OP(=O)(N(C)C)N(C)C)C(=O)OC1C(COC(=O)CCC(=O)O)OC(=O)OC(C)(C)C. The second kappa shape index (κ2) is 14.4. The van der Waals surface area contributed by atoms with Crippen LogP contribution in [0, 0.1) is 0 Å². The third kappa shape index (κ3) is 10.1. The number of carbonyl (C=O) groups is 4. The highest BCUT2D eigenvalue weighted by atomic mass is 31.2. The van der Waals surface area contributed by atoms with E-state index >= 15 is 0 Å². The van der Waals surface area contributed by atoms with Crippen LogP contribution in [0.25, 0.3) is 0 Å². The van der Waals surface area contributed by atoms with Gasteiger partial charge in [-0.05, 0) is 55.4 Å². The van der Waals surface area contributed by atoms with E-state index in [1.807, 2.05) is 6.92 Å². The number of rotatable bonds is 15. The van der Waals surface area contributed by atoms with Gasteiger partial charge in [0, 0.05) is 0 Å². The molecule has 1 rings (SSSR count). The van der Waals surface area contributed by atoms with Crippen LogP contribution in [0.3, 0.4) is 0 Å². The largest absolute Gasteiger partial charge is 0.509 e. The van der Waals surface area contributed by atoms with Crippen LogP contribution in [-0.2, 0) is 47.2 Å². The lowest BCUT2D eigenvalue weighted by molar-refractivity contribution is -0.158. The van der Waals surface area contributed by atoms with Crippen molar-refractivity contribution in [2.45, 2.75) is 71.2 Å². The maximum Gasteiger partial charge on any atom is 0.509 e.